The first-order valence-corrected chi connectivity index (χ1v) is 5.47. The number of rotatable bonds is 4. The van der Waals surface area contributed by atoms with E-state index in [-0.39, 0.29) is 0 Å². The fourth-order valence-electron chi connectivity index (χ4n) is 1.12. The van der Waals surface area contributed by atoms with Crippen LogP contribution in [0, 0.1) is 0 Å². The molecule has 0 spiro atoms. The van der Waals surface area contributed by atoms with E-state index in [2.05, 4.69) is 26.8 Å². The lowest BCUT2D eigenvalue weighted by atomic mass is 10.2. The third-order valence-corrected chi connectivity index (χ3v) is 2.51. The third-order valence-electron chi connectivity index (χ3n) is 1.82. The van der Waals surface area contributed by atoms with E-state index in [4.69, 9.17) is 0 Å². The van der Waals surface area contributed by atoms with Crippen LogP contribution < -0.4 is 4.72 Å². The van der Waals surface area contributed by atoms with Crippen LogP contribution in [0.15, 0.2) is 53.9 Å². The van der Waals surface area contributed by atoms with Gasteiger partial charge in [-0.3, -0.25) is 4.72 Å². The number of benzene rings is 1. The number of aromatic nitrogens is 2. The Hall–Kier alpha value is -1.39. The van der Waals surface area contributed by atoms with Crippen LogP contribution >= 0.6 is 11.9 Å². The van der Waals surface area contributed by atoms with Crippen molar-refractivity contribution in [2.24, 2.45) is 0 Å². The highest BCUT2D eigenvalue weighted by molar-refractivity contribution is 7.97. The molecule has 1 N–H and O–H groups in total. The lowest BCUT2D eigenvalue weighted by Crippen LogP contribution is -2.03. The second-order valence-corrected chi connectivity index (χ2v) is 3.80. The molecular weight excluding hydrogens is 206 g/mol. The first-order chi connectivity index (χ1) is 7.45. The summed E-state index contributed by atoms with van der Waals surface area (Å²) in [6, 6.07) is 12.0. The van der Waals surface area contributed by atoms with Gasteiger partial charge in [0, 0.05) is 18.9 Å². The first kappa shape index (κ1) is 10.1. The average Bonchev–Trinajstić information content (AvgIpc) is 2.32. The van der Waals surface area contributed by atoms with Gasteiger partial charge in [0.15, 0.2) is 0 Å². The quantitative estimate of drug-likeness (QED) is 0.630. The van der Waals surface area contributed by atoms with E-state index < -0.39 is 0 Å². The van der Waals surface area contributed by atoms with Crippen molar-refractivity contribution in [1.82, 2.24) is 14.7 Å². The maximum Gasteiger partial charge on any atom is 0.202 e. The van der Waals surface area contributed by atoms with Crippen LogP contribution in [-0.2, 0) is 6.54 Å². The van der Waals surface area contributed by atoms with Crippen LogP contribution in [0.5, 0.6) is 0 Å². The van der Waals surface area contributed by atoms with Crippen molar-refractivity contribution in [3.63, 3.8) is 0 Å². The summed E-state index contributed by atoms with van der Waals surface area (Å²) in [5.41, 5.74) is 1.25. The van der Waals surface area contributed by atoms with Crippen molar-refractivity contribution >= 4 is 11.9 Å². The molecule has 0 aliphatic rings. The van der Waals surface area contributed by atoms with Crippen LogP contribution in [0.4, 0.5) is 0 Å². The smallest absolute Gasteiger partial charge is 0.202 e. The lowest BCUT2D eigenvalue weighted by molar-refractivity contribution is 0.925. The summed E-state index contributed by atoms with van der Waals surface area (Å²) in [5.74, 6) is 0. The standard InChI is InChI=1S/C11H11N3S/c1-2-5-10(6-3-1)9-14-15-11-12-7-4-8-13-11/h1-8,14H,9H2. The molecule has 3 nitrogen and oxygen atoms in total. The van der Waals surface area contributed by atoms with E-state index in [1.54, 1.807) is 18.5 Å². The van der Waals surface area contributed by atoms with Gasteiger partial charge >= 0.3 is 0 Å². The van der Waals surface area contributed by atoms with Crippen molar-refractivity contribution in [2.75, 3.05) is 0 Å². The minimum atomic E-state index is 0.744. The van der Waals surface area contributed by atoms with E-state index in [0.717, 1.165) is 11.7 Å². The van der Waals surface area contributed by atoms with Gasteiger partial charge in [0.2, 0.25) is 5.16 Å². The highest BCUT2D eigenvalue weighted by atomic mass is 32.2. The van der Waals surface area contributed by atoms with E-state index in [0.29, 0.717) is 0 Å². The average molecular weight is 217 g/mol. The Balaban J connectivity index is 1.81. The van der Waals surface area contributed by atoms with E-state index in [9.17, 15) is 0 Å². The van der Waals surface area contributed by atoms with Crippen molar-refractivity contribution in [3.8, 4) is 0 Å². The van der Waals surface area contributed by atoms with Crippen LogP contribution in [0.2, 0.25) is 0 Å². The Labute approximate surface area is 93.1 Å². The van der Waals surface area contributed by atoms with Crippen LogP contribution in [0.1, 0.15) is 5.56 Å². The third kappa shape index (κ3) is 3.34. The molecule has 0 saturated heterocycles. The molecule has 0 unspecified atom stereocenters. The molecule has 0 saturated carbocycles. The second-order valence-electron chi connectivity index (χ2n) is 2.94. The van der Waals surface area contributed by atoms with Gasteiger partial charge in [-0.05, 0) is 23.6 Å². The van der Waals surface area contributed by atoms with Crippen molar-refractivity contribution in [3.05, 3.63) is 54.4 Å². The molecule has 15 heavy (non-hydrogen) atoms. The molecule has 0 fully saturated rings. The lowest BCUT2D eigenvalue weighted by Gasteiger charge is -2.01. The van der Waals surface area contributed by atoms with Gasteiger partial charge in [-0.25, -0.2) is 9.97 Å². The zero-order valence-corrected chi connectivity index (χ0v) is 8.95. The molecule has 1 heterocycles. The molecule has 76 valence electrons. The van der Waals surface area contributed by atoms with Crippen LogP contribution in [0.3, 0.4) is 0 Å². The number of hydrogen-bond donors (Lipinski definition) is 1. The summed E-state index contributed by atoms with van der Waals surface area (Å²) in [4.78, 5) is 8.20. The number of nitrogens with one attached hydrogen (secondary N) is 1. The summed E-state index contributed by atoms with van der Waals surface area (Å²) in [6.07, 6.45) is 3.47. The minimum Gasteiger partial charge on any atom is -0.253 e. The molecule has 4 heteroatoms. The topological polar surface area (TPSA) is 37.8 Å². The van der Waals surface area contributed by atoms with Gasteiger partial charge in [-0.2, -0.15) is 0 Å². The molecule has 0 atom stereocenters. The normalized spacial score (nSPS) is 10.1. The Morgan fingerprint density at radius 1 is 1.00 bits per heavy atom. The largest absolute Gasteiger partial charge is 0.253 e. The maximum atomic E-state index is 4.10. The Kier molecular flexibility index (Phi) is 3.70. The molecule has 0 aliphatic heterocycles. The zero-order valence-electron chi connectivity index (χ0n) is 8.13. The van der Waals surface area contributed by atoms with Crippen LogP contribution in [-0.4, -0.2) is 9.97 Å². The summed E-state index contributed by atoms with van der Waals surface area (Å²) < 4.78 is 3.21. The van der Waals surface area contributed by atoms with Gasteiger partial charge in [0.1, 0.15) is 0 Å². The molecule has 0 amide bonds. The summed E-state index contributed by atoms with van der Waals surface area (Å²) in [6.45, 7) is 0.809. The minimum absolute atomic E-state index is 0.744. The molecule has 0 aliphatic carbocycles. The van der Waals surface area contributed by atoms with Gasteiger partial charge in [-0.1, -0.05) is 30.3 Å². The molecule has 1 aromatic heterocycles. The number of hydrogen-bond acceptors (Lipinski definition) is 4. The van der Waals surface area contributed by atoms with E-state index >= 15 is 0 Å². The van der Waals surface area contributed by atoms with E-state index in [1.165, 1.54) is 17.5 Å². The van der Waals surface area contributed by atoms with Crippen molar-refractivity contribution in [2.45, 2.75) is 11.7 Å². The monoisotopic (exact) mass is 217 g/mol. The van der Waals surface area contributed by atoms with Gasteiger partial charge < -0.3 is 0 Å². The summed E-state index contributed by atoms with van der Waals surface area (Å²) >= 11 is 1.44. The molecule has 2 aromatic rings. The summed E-state index contributed by atoms with van der Waals surface area (Å²) in [7, 11) is 0. The number of nitrogens with zero attached hydrogens (tertiary/aromatic N) is 2. The van der Waals surface area contributed by atoms with Gasteiger partial charge in [0.05, 0.1) is 0 Å². The molecule has 1 aromatic carbocycles. The molecule has 0 radical (unpaired) electrons. The predicted molar refractivity (Wildman–Crippen MR) is 61.2 cm³/mol. The molecular formula is C11H11N3S. The first-order valence-electron chi connectivity index (χ1n) is 4.66. The fraction of sp³-hybridized carbons (Fsp3) is 0.0909. The van der Waals surface area contributed by atoms with Crippen LogP contribution in [0.25, 0.3) is 0 Å². The maximum absolute atomic E-state index is 4.10. The Bertz CT molecular complexity index is 352. The highest BCUT2D eigenvalue weighted by Gasteiger charge is 1.95. The zero-order chi connectivity index (χ0) is 10.3. The molecule has 2 rings (SSSR count). The van der Waals surface area contributed by atoms with E-state index in [1.807, 2.05) is 18.2 Å². The fourth-order valence-corrected chi connectivity index (χ4v) is 1.71. The highest BCUT2D eigenvalue weighted by Crippen LogP contribution is 2.07. The SMILES string of the molecule is c1ccc(CNSc2ncccn2)cc1. The Morgan fingerprint density at radius 2 is 1.73 bits per heavy atom. The summed E-state index contributed by atoms with van der Waals surface area (Å²) in [5, 5.41) is 0.744. The Morgan fingerprint density at radius 3 is 2.47 bits per heavy atom. The van der Waals surface area contributed by atoms with Gasteiger partial charge in [0.25, 0.3) is 0 Å². The van der Waals surface area contributed by atoms with Crippen molar-refractivity contribution in [1.29, 1.82) is 0 Å². The second kappa shape index (κ2) is 5.48. The predicted octanol–water partition coefficient (Wildman–Crippen LogP) is 2.27. The molecule has 0 bridgehead atoms. The van der Waals surface area contributed by atoms with Gasteiger partial charge in [-0.15, -0.1) is 0 Å². The van der Waals surface area contributed by atoms with Crippen molar-refractivity contribution < 1.29 is 0 Å².